The number of carbonyl (C=O) groups is 1. The predicted molar refractivity (Wildman–Crippen MR) is 109 cm³/mol. The second-order valence-corrected chi connectivity index (χ2v) is 8.26. The van der Waals surface area contributed by atoms with Crippen molar-refractivity contribution in [3.8, 4) is 0 Å². The summed E-state index contributed by atoms with van der Waals surface area (Å²) in [5, 5.41) is 0. The van der Waals surface area contributed by atoms with Gasteiger partial charge in [-0.25, -0.2) is 0 Å². The minimum absolute atomic E-state index is 0.202. The van der Waals surface area contributed by atoms with E-state index in [1.54, 1.807) is 4.90 Å². The Morgan fingerprint density at radius 1 is 0.889 bits per heavy atom. The summed E-state index contributed by atoms with van der Waals surface area (Å²) in [6, 6.07) is 19.3. The first-order chi connectivity index (χ1) is 13.3. The second kappa shape index (κ2) is 8.71. The SMILES string of the molecule is O=C(c1ccc(C[NH+]2CCC(Cc3ccccc3)CC2)cc1)N1CCCC1. The predicted octanol–water partition coefficient (Wildman–Crippen LogP) is 2.96. The molecule has 0 unspecified atom stereocenters. The highest BCUT2D eigenvalue weighted by atomic mass is 16.2. The topological polar surface area (TPSA) is 24.8 Å². The Labute approximate surface area is 163 Å². The fourth-order valence-corrected chi connectivity index (χ4v) is 4.57. The van der Waals surface area contributed by atoms with E-state index in [1.165, 1.54) is 43.5 Å². The number of piperidine rings is 1. The molecule has 0 bridgehead atoms. The molecule has 4 rings (SSSR count). The first-order valence-electron chi connectivity index (χ1n) is 10.5. The van der Waals surface area contributed by atoms with Crippen LogP contribution in [0.5, 0.6) is 0 Å². The molecule has 1 N–H and O–H groups in total. The van der Waals surface area contributed by atoms with Crippen molar-refractivity contribution in [2.24, 2.45) is 5.92 Å². The molecule has 27 heavy (non-hydrogen) atoms. The summed E-state index contributed by atoms with van der Waals surface area (Å²) in [5.41, 5.74) is 3.67. The van der Waals surface area contributed by atoms with E-state index >= 15 is 0 Å². The van der Waals surface area contributed by atoms with Crippen LogP contribution in [0.2, 0.25) is 0 Å². The fraction of sp³-hybridized carbons (Fsp3) is 0.458. The van der Waals surface area contributed by atoms with Gasteiger partial charge in [0.2, 0.25) is 0 Å². The molecule has 1 amide bonds. The first-order valence-corrected chi connectivity index (χ1v) is 10.5. The van der Waals surface area contributed by atoms with Gasteiger partial charge in [-0.3, -0.25) is 4.79 Å². The Bertz CT molecular complexity index is 727. The molecule has 0 aliphatic carbocycles. The average Bonchev–Trinajstić information content (AvgIpc) is 3.25. The lowest BCUT2D eigenvalue weighted by Crippen LogP contribution is -3.11. The minimum Gasteiger partial charge on any atom is -0.339 e. The van der Waals surface area contributed by atoms with Crippen molar-refractivity contribution >= 4 is 5.91 Å². The van der Waals surface area contributed by atoms with E-state index in [9.17, 15) is 4.79 Å². The number of carbonyl (C=O) groups excluding carboxylic acids is 1. The standard InChI is InChI=1S/C24H30N2O/c27-24(26-14-4-5-15-26)23-10-8-22(9-11-23)19-25-16-12-21(13-17-25)18-20-6-2-1-3-7-20/h1-3,6-11,21H,4-5,12-19H2/p+1. The van der Waals surface area contributed by atoms with E-state index in [0.717, 1.165) is 44.0 Å². The average molecular weight is 364 g/mol. The molecule has 0 radical (unpaired) electrons. The Hall–Kier alpha value is -2.13. The van der Waals surface area contributed by atoms with Crippen LogP contribution in [0, 0.1) is 5.92 Å². The number of amides is 1. The van der Waals surface area contributed by atoms with Crippen molar-refractivity contribution in [2.45, 2.75) is 38.6 Å². The third-order valence-electron chi connectivity index (χ3n) is 6.23. The molecule has 0 spiro atoms. The van der Waals surface area contributed by atoms with E-state index in [2.05, 4.69) is 42.5 Å². The molecule has 2 heterocycles. The van der Waals surface area contributed by atoms with Gasteiger partial charge in [-0.15, -0.1) is 0 Å². The van der Waals surface area contributed by atoms with Gasteiger partial charge >= 0.3 is 0 Å². The first kappa shape index (κ1) is 18.2. The van der Waals surface area contributed by atoms with Crippen molar-refractivity contribution in [3.05, 3.63) is 71.3 Å². The van der Waals surface area contributed by atoms with Gasteiger partial charge in [0, 0.05) is 24.2 Å². The fourth-order valence-electron chi connectivity index (χ4n) is 4.57. The van der Waals surface area contributed by atoms with Crippen LogP contribution in [0.25, 0.3) is 0 Å². The van der Waals surface area contributed by atoms with Gasteiger partial charge in [0.1, 0.15) is 6.54 Å². The van der Waals surface area contributed by atoms with Gasteiger partial charge in [-0.05, 0) is 55.7 Å². The number of nitrogens with zero attached hydrogens (tertiary/aromatic N) is 1. The van der Waals surface area contributed by atoms with Gasteiger partial charge in [0.05, 0.1) is 13.1 Å². The molecule has 3 nitrogen and oxygen atoms in total. The summed E-state index contributed by atoms with van der Waals surface area (Å²) in [6.45, 7) is 5.43. The number of hydrogen-bond donors (Lipinski definition) is 1. The number of nitrogens with one attached hydrogen (secondary N) is 1. The highest BCUT2D eigenvalue weighted by Gasteiger charge is 2.23. The summed E-state index contributed by atoms with van der Waals surface area (Å²) in [6.07, 6.45) is 6.15. The monoisotopic (exact) mass is 363 g/mol. The summed E-state index contributed by atoms with van der Waals surface area (Å²) in [4.78, 5) is 16.1. The van der Waals surface area contributed by atoms with Crippen LogP contribution in [-0.2, 0) is 13.0 Å². The van der Waals surface area contributed by atoms with Crippen LogP contribution >= 0.6 is 0 Å². The molecule has 0 saturated carbocycles. The van der Waals surface area contributed by atoms with Gasteiger partial charge in [0.25, 0.3) is 5.91 Å². The normalized spacial score (nSPS) is 22.7. The summed E-state index contributed by atoms with van der Waals surface area (Å²) >= 11 is 0. The van der Waals surface area contributed by atoms with Crippen molar-refractivity contribution in [1.29, 1.82) is 0 Å². The third kappa shape index (κ3) is 4.78. The van der Waals surface area contributed by atoms with Gasteiger partial charge in [0.15, 0.2) is 0 Å². The Morgan fingerprint density at radius 2 is 1.56 bits per heavy atom. The molecule has 0 aromatic heterocycles. The smallest absolute Gasteiger partial charge is 0.253 e. The molecule has 0 atom stereocenters. The number of quaternary nitrogens is 1. The van der Waals surface area contributed by atoms with Crippen LogP contribution in [0.1, 0.15) is 47.2 Å². The highest BCUT2D eigenvalue weighted by molar-refractivity contribution is 5.94. The maximum Gasteiger partial charge on any atom is 0.253 e. The quantitative estimate of drug-likeness (QED) is 0.868. The van der Waals surface area contributed by atoms with Gasteiger partial charge in [-0.2, -0.15) is 0 Å². The van der Waals surface area contributed by atoms with Gasteiger partial charge < -0.3 is 9.80 Å². The van der Waals surface area contributed by atoms with Crippen molar-refractivity contribution < 1.29 is 9.69 Å². The van der Waals surface area contributed by atoms with Crippen LogP contribution in [-0.4, -0.2) is 37.0 Å². The van der Waals surface area contributed by atoms with E-state index in [-0.39, 0.29) is 5.91 Å². The third-order valence-corrected chi connectivity index (χ3v) is 6.23. The lowest BCUT2D eigenvalue weighted by Gasteiger charge is -2.29. The molecule has 2 aromatic rings. The molecule has 2 aliphatic heterocycles. The second-order valence-electron chi connectivity index (χ2n) is 8.26. The van der Waals surface area contributed by atoms with Crippen LogP contribution in [0.3, 0.4) is 0 Å². The van der Waals surface area contributed by atoms with Crippen molar-refractivity contribution in [3.63, 3.8) is 0 Å². The molecule has 2 aromatic carbocycles. The van der Waals surface area contributed by atoms with Crippen LogP contribution in [0.4, 0.5) is 0 Å². The van der Waals surface area contributed by atoms with E-state index in [1.807, 2.05) is 17.0 Å². The van der Waals surface area contributed by atoms with E-state index in [0.29, 0.717) is 0 Å². The highest BCUT2D eigenvalue weighted by Crippen LogP contribution is 2.17. The summed E-state index contributed by atoms with van der Waals surface area (Å²) in [7, 11) is 0. The van der Waals surface area contributed by atoms with Crippen LogP contribution < -0.4 is 4.90 Å². The van der Waals surface area contributed by atoms with Crippen LogP contribution in [0.15, 0.2) is 54.6 Å². The maximum absolute atomic E-state index is 12.5. The molecule has 3 heteroatoms. The molecule has 2 fully saturated rings. The van der Waals surface area contributed by atoms with Crippen molar-refractivity contribution in [2.75, 3.05) is 26.2 Å². The largest absolute Gasteiger partial charge is 0.339 e. The zero-order valence-electron chi connectivity index (χ0n) is 16.2. The Balaban J connectivity index is 1.26. The number of hydrogen-bond acceptors (Lipinski definition) is 1. The molecule has 2 aliphatic rings. The maximum atomic E-state index is 12.5. The zero-order valence-corrected chi connectivity index (χ0v) is 16.2. The molecule has 142 valence electrons. The number of likely N-dealkylation sites (tertiary alicyclic amines) is 2. The molecular weight excluding hydrogens is 332 g/mol. The lowest BCUT2D eigenvalue weighted by molar-refractivity contribution is -0.919. The lowest BCUT2D eigenvalue weighted by atomic mass is 9.90. The van der Waals surface area contributed by atoms with E-state index < -0.39 is 0 Å². The Kier molecular flexibility index (Phi) is 5.88. The van der Waals surface area contributed by atoms with Gasteiger partial charge in [-0.1, -0.05) is 42.5 Å². The summed E-state index contributed by atoms with van der Waals surface area (Å²) in [5.74, 6) is 1.03. The van der Waals surface area contributed by atoms with Crippen molar-refractivity contribution in [1.82, 2.24) is 4.90 Å². The minimum atomic E-state index is 0.202. The molecular formula is C24H31N2O+. The zero-order chi connectivity index (χ0) is 18.5. The van der Waals surface area contributed by atoms with E-state index in [4.69, 9.17) is 0 Å². The molecule has 2 saturated heterocycles. The Morgan fingerprint density at radius 3 is 2.22 bits per heavy atom. The summed E-state index contributed by atoms with van der Waals surface area (Å²) < 4.78 is 0. The number of rotatable bonds is 5. The number of benzene rings is 2.